The number of benzene rings is 9. The van der Waals surface area contributed by atoms with Gasteiger partial charge in [-0.05, 0) is 83.5 Å². The third kappa shape index (κ3) is 3.97. The summed E-state index contributed by atoms with van der Waals surface area (Å²) >= 11 is 0. The molecule has 218 valence electrons. The monoisotopic (exact) mass is 597 g/mol. The molecule has 0 fully saturated rings. The highest BCUT2D eigenvalue weighted by Crippen LogP contribution is 2.49. The van der Waals surface area contributed by atoms with Gasteiger partial charge in [-0.1, -0.05) is 152 Å². The minimum Gasteiger partial charge on any atom is -0.455 e. The van der Waals surface area contributed by atoms with E-state index in [2.05, 4.69) is 158 Å². The van der Waals surface area contributed by atoms with Crippen LogP contribution < -0.4 is 0 Å². The van der Waals surface area contributed by atoms with Crippen molar-refractivity contribution in [3.63, 3.8) is 0 Å². The van der Waals surface area contributed by atoms with Crippen molar-refractivity contribution in [2.75, 3.05) is 0 Å². The van der Waals surface area contributed by atoms with Gasteiger partial charge in [0.1, 0.15) is 11.2 Å². The number of rotatable bonds is 3. The fourth-order valence-electron chi connectivity index (χ4n) is 7.57. The predicted octanol–water partition coefficient (Wildman–Crippen LogP) is 13.2. The second-order valence-electron chi connectivity index (χ2n) is 12.3. The van der Waals surface area contributed by atoms with Gasteiger partial charge in [-0.15, -0.1) is 0 Å². The van der Waals surface area contributed by atoms with Crippen molar-refractivity contribution in [3.8, 4) is 33.4 Å². The minimum atomic E-state index is 0.502. The van der Waals surface area contributed by atoms with Gasteiger partial charge >= 0.3 is 0 Å². The van der Waals surface area contributed by atoms with Crippen LogP contribution in [0.1, 0.15) is 1.37 Å². The van der Waals surface area contributed by atoms with Crippen LogP contribution in [0.5, 0.6) is 0 Å². The summed E-state index contributed by atoms with van der Waals surface area (Å²) in [7, 11) is 0. The van der Waals surface area contributed by atoms with Gasteiger partial charge in [0.25, 0.3) is 0 Å². The molecule has 0 unspecified atom stereocenters. The van der Waals surface area contributed by atoms with Crippen LogP contribution >= 0.6 is 0 Å². The lowest BCUT2D eigenvalue weighted by atomic mass is 9.84. The SMILES string of the molecule is [2H]c1c2ccccc2c(-c2c3ccccc3c(-c3ccc(-c4ccccc4)cc3)c3ccccc23)c2oc3cc4ccccc4cc3c12. The lowest BCUT2D eigenvalue weighted by molar-refractivity contribution is 0.671. The molecule has 0 bridgehead atoms. The number of fused-ring (bicyclic) bond motifs is 7. The molecule has 0 aliphatic rings. The molecular formula is C46H28O. The Hall–Kier alpha value is -6.18. The Balaban J connectivity index is 1.34. The van der Waals surface area contributed by atoms with Gasteiger partial charge in [-0.25, -0.2) is 0 Å². The predicted molar refractivity (Wildman–Crippen MR) is 200 cm³/mol. The summed E-state index contributed by atoms with van der Waals surface area (Å²) in [5, 5.41) is 10.7. The maximum atomic E-state index is 9.49. The van der Waals surface area contributed by atoms with Gasteiger partial charge in [-0.3, -0.25) is 0 Å². The highest BCUT2D eigenvalue weighted by Gasteiger charge is 2.23. The van der Waals surface area contributed by atoms with E-state index in [0.717, 1.165) is 65.4 Å². The van der Waals surface area contributed by atoms with E-state index in [1.807, 2.05) is 6.07 Å². The summed E-state index contributed by atoms with van der Waals surface area (Å²) < 4.78 is 16.4. The Kier molecular flexibility index (Phi) is 5.42. The first kappa shape index (κ1) is 25.1. The molecule has 1 aromatic heterocycles. The Morgan fingerprint density at radius 3 is 1.49 bits per heavy atom. The molecule has 0 N–H and O–H groups in total. The number of furan rings is 1. The second kappa shape index (κ2) is 10.2. The zero-order valence-electron chi connectivity index (χ0n) is 26.5. The molecule has 10 rings (SSSR count). The van der Waals surface area contributed by atoms with Crippen LogP contribution in [-0.4, -0.2) is 0 Å². The van der Waals surface area contributed by atoms with Crippen LogP contribution in [0.25, 0.3) is 98.4 Å². The van der Waals surface area contributed by atoms with Gasteiger partial charge in [0.15, 0.2) is 0 Å². The smallest absolute Gasteiger partial charge is 0.143 e. The minimum absolute atomic E-state index is 0.502. The third-order valence-corrected chi connectivity index (χ3v) is 9.70. The molecular weight excluding hydrogens is 569 g/mol. The van der Waals surface area contributed by atoms with Crippen molar-refractivity contribution < 1.29 is 5.79 Å². The van der Waals surface area contributed by atoms with Crippen LogP contribution in [0.15, 0.2) is 174 Å². The standard InChI is InChI=1S/C46H28O/c1-2-12-29(13-3-1)30-22-24-31(25-23-30)43-36-18-8-10-20-38(36)44(39-21-11-9-19-37(39)43)45-35-17-7-6-16-34(35)27-41-40-26-32-14-4-5-15-33(32)28-42(40)47-46(41)45/h1-28H/i27D. The molecule has 0 amide bonds. The van der Waals surface area contributed by atoms with Gasteiger partial charge in [0.05, 0.1) is 1.37 Å². The fraction of sp³-hybridized carbons (Fsp3) is 0. The maximum Gasteiger partial charge on any atom is 0.143 e. The highest BCUT2D eigenvalue weighted by atomic mass is 16.3. The molecule has 0 atom stereocenters. The molecule has 1 nitrogen and oxygen atoms in total. The Morgan fingerprint density at radius 1 is 0.340 bits per heavy atom. The Bertz CT molecular complexity index is 2820. The number of hydrogen-bond acceptors (Lipinski definition) is 1. The first-order valence-corrected chi connectivity index (χ1v) is 16.1. The van der Waals surface area contributed by atoms with Crippen LogP contribution in [0.2, 0.25) is 0 Å². The van der Waals surface area contributed by atoms with Crippen LogP contribution in [0.4, 0.5) is 0 Å². The van der Waals surface area contributed by atoms with Crippen molar-refractivity contribution in [3.05, 3.63) is 170 Å². The first-order chi connectivity index (χ1) is 23.7. The Labute approximate surface area is 273 Å². The zero-order valence-corrected chi connectivity index (χ0v) is 25.5. The largest absolute Gasteiger partial charge is 0.455 e. The number of hydrogen-bond donors (Lipinski definition) is 0. The quantitative estimate of drug-likeness (QED) is 0.185. The summed E-state index contributed by atoms with van der Waals surface area (Å²) in [5.74, 6) is 0. The molecule has 1 heteroatoms. The zero-order chi connectivity index (χ0) is 31.8. The van der Waals surface area contributed by atoms with E-state index < -0.39 is 0 Å². The Morgan fingerprint density at radius 2 is 0.830 bits per heavy atom. The topological polar surface area (TPSA) is 13.1 Å². The molecule has 0 saturated heterocycles. The summed E-state index contributed by atoms with van der Waals surface area (Å²) in [4.78, 5) is 0. The van der Waals surface area contributed by atoms with E-state index in [0.29, 0.717) is 6.04 Å². The van der Waals surface area contributed by atoms with Gasteiger partial charge in [0.2, 0.25) is 0 Å². The highest BCUT2D eigenvalue weighted by molar-refractivity contribution is 6.28. The summed E-state index contributed by atoms with van der Waals surface area (Å²) in [6.45, 7) is 0. The fourth-order valence-corrected chi connectivity index (χ4v) is 7.57. The average Bonchev–Trinajstić information content (AvgIpc) is 3.52. The van der Waals surface area contributed by atoms with Gasteiger partial charge < -0.3 is 4.42 Å². The molecule has 47 heavy (non-hydrogen) atoms. The van der Waals surface area contributed by atoms with E-state index in [9.17, 15) is 1.37 Å². The van der Waals surface area contributed by atoms with Gasteiger partial charge in [0, 0.05) is 21.9 Å². The molecule has 0 aliphatic carbocycles. The summed E-state index contributed by atoms with van der Waals surface area (Å²) in [5.41, 5.74) is 8.55. The summed E-state index contributed by atoms with van der Waals surface area (Å²) in [6.07, 6.45) is 0. The lowest BCUT2D eigenvalue weighted by Gasteiger charge is -2.19. The van der Waals surface area contributed by atoms with E-state index in [-0.39, 0.29) is 0 Å². The molecule has 0 spiro atoms. The molecule has 0 aliphatic heterocycles. The van der Waals surface area contributed by atoms with Crippen LogP contribution in [0, 0.1) is 0 Å². The molecule has 0 radical (unpaired) electrons. The molecule has 10 aromatic rings. The third-order valence-electron chi connectivity index (χ3n) is 9.70. The molecule has 9 aromatic carbocycles. The van der Waals surface area contributed by atoms with Crippen molar-refractivity contribution in [1.29, 1.82) is 0 Å². The summed E-state index contributed by atoms with van der Waals surface area (Å²) in [6, 6.07) is 58.5. The van der Waals surface area contributed by atoms with E-state index in [1.165, 1.54) is 33.0 Å². The van der Waals surface area contributed by atoms with Crippen molar-refractivity contribution in [2.24, 2.45) is 0 Å². The molecule has 1 heterocycles. The van der Waals surface area contributed by atoms with E-state index in [1.54, 1.807) is 0 Å². The first-order valence-electron chi connectivity index (χ1n) is 16.6. The van der Waals surface area contributed by atoms with Crippen molar-refractivity contribution >= 4 is 65.0 Å². The van der Waals surface area contributed by atoms with Crippen molar-refractivity contribution in [1.82, 2.24) is 0 Å². The van der Waals surface area contributed by atoms with E-state index >= 15 is 0 Å². The van der Waals surface area contributed by atoms with Gasteiger partial charge in [-0.2, -0.15) is 0 Å². The van der Waals surface area contributed by atoms with Crippen LogP contribution in [0.3, 0.4) is 0 Å². The molecule has 0 saturated carbocycles. The normalized spacial score (nSPS) is 12.1. The average molecular weight is 598 g/mol. The maximum absolute atomic E-state index is 9.49. The van der Waals surface area contributed by atoms with E-state index in [4.69, 9.17) is 4.42 Å². The lowest BCUT2D eigenvalue weighted by Crippen LogP contribution is -1.92. The van der Waals surface area contributed by atoms with Crippen LogP contribution in [-0.2, 0) is 0 Å². The second-order valence-corrected chi connectivity index (χ2v) is 12.3. The van der Waals surface area contributed by atoms with Crippen molar-refractivity contribution in [2.45, 2.75) is 0 Å².